The molecule has 3 aromatic carbocycles. The number of benzene rings is 3. The fourth-order valence-electron chi connectivity index (χ4n) is 3.11. The minimum absolute atomic E-state index is 0.287. The SMILES string of the molecule is Cc1ccc(C(=O)NNC(=O)C(c2ccccc2)c2ccccc2)c(C)c1. The van der Waals surface area contributed by atoms with Crippen LogP contribution in [0.25, 0.3) is 0 Å². The summed E-state index contributed by atoms with van der Waals surface area (Å²) < 4.78 is 0. The van der Waals surface area contributed by atoms with Crippen LogP contribution in [0, 0.1) is 13.8 Å². The molecule has 0 aromatic heterocycles. The van der Waals surface area contributed by atoms with E-state index in [-0.39, 0.29) is 11.8 Å². The highest BCUT2D eigenvalue weighted by atomic mass is 16.2. The van der Waals surface area contributed by atoms with Gasteiger partial charge in [-0.05, 0) is 36.6 Å². The van der Waals surface area contributed by atoms with E-state index in [4.69, 9.17) is 0 Å². The molecule has 0 heterocycles. The summed E-state index contributed by atoms with van der Waals surface area (Å²) in [5, 5.41) is 0. The van der Waals surface area contributed by atoms with Crippen molar-refractivity contribution < 1.29 is 9.59 Å². The third kappa shape index (κ3) is 4.42. The van der Waals surface area contributed by atoms with Gasteiger partial charge in [0.05, 0.1) is 5.92 Å². The van der Waals surface area contributed by atoms with Gasteiger partial charge < -0.3 is 0 Å². The zero-order chi connectivity index (χ0) is 19.2. The van der Waals surface area contributed by atoms with Crippen molar-refractivity contribution in [3.8, 4) is 0 Å². The number of carbonyl (C=O) groups excluding carboxylic acids is 2. The third-order valence-corrected chi connectivity index (χ3v) is 4.45. The first-order chi connectivity index (χ1) is 13.1. The first kappa shape index (κ1) is 18.4. The van der Waals surface area contributed by atoms with E-state index in [1.165, 1.54) is 0 Å². The lowest BCUT2D eigenvalue weighted by molar-refractivity contribution is -0.122. The summed E-state index contributed by atoms with van der Waals surface area (Å²) in [6.07, 6.45) is 0. The van der Waals surface area contributed by atoms with Crippen LogP contribution in [0.1, 0.15) is 38.5 Å². The Bertz CT molecular complexity index is 898. The highest BCUT2D eigenvalue weighted by Gasteiger charge is 2.23. The molecule has 0 aliphatic carbocycles. The van der Waals surface area contributed by atoms with E-state index in [1.807, 2.05) is 86.6 Å². The van der Waals surface area contributed by atoms with Crippen molar-refractivity contribution in [1.82, 2.24) is 10.9 Å². The van der Waals surface area contributed by atoms with E-state index >= 15 is 0 Å². The van der Waals surface area contributed by atoms with Crippen molar-refractivity contribution in [1.29, 1.82) is 0 Å². The molecule has 0 saturated heterocycles. The number of hydrogen-bond acceptors (Lipinski definition) is 2. The van der Waals surface area contributed by atoms with Gasteiger partial charge in [0.2, 0.25) is 5.91 Å². The first-order valence-electron chi connectivity index (χ1n) is 8.83. The average molecular weight is 358 g/mol. The number of rotatable bonds is 4. The molecule has 0 unspecified atom stereocenters. The predicted molar refractivity (Wildman–Crippen MR) is 106 cm³/mol. The Morgan fingerprint density at radius 3 is 1.81 bits per heavy atom. The average Bonchev–Trinajstić information content (AvgIpc) is 2.68. The second kappa shape index (κ2) is 8.32. The number of amides is 2. The Balaban J connectivity index is 1.78. The summed E-state index contributed by atoms with van der Waals surface area (Å²) in [6, 6.07) is 24.6. The number of hydrogen-bond donors (Lipinski definition) is 2. The van der Waals surface area contributed by atoms with Gasteiger partial charge in [-0.25, -0.2) is 0 Å². The minimum atomic E-state index is -0.508. The predicted octanol–water partition coefficient (Wildman–Crippen LogP) is 3.90. The molecule has 3 aromatic rings. The second-order valence-corrected chi connectivity index (χ2v) is 6.52. The highest BCUT2D eigenvalue weighted by Crippen LogP contribution is 2.24. The van der Waals surface area contributed by atoms with Gasteiger partial charge in [-0.3, -0.25) is 20.4 Å². The highest BCUT2D eigenvalue weighted by molar-refractivity contribution is 5.97. The molecule has 2 N–H and O–H groups in total. The van der Waals surface area contributed by atoms with Gasteiger partial charge in [-0.1, -0.05) is 78.4 Å². The summed E-state index contributed by atoms with van der Waals surface area (Å²) >= 11 is 0. The van der Waals surface area contributed by atoms with E-state index in [2.05, 4.69) is 10.9 Å². The number of nitrogens with one attached hydrogen (secondary N) is 2. The summed E-state index contributed by atoms with van der Waals surface area (Å²) in [7, 11) is 0. The second-order valence-electron chi connectivity index (χ2n) is 6.52. The zero-order valence-corrected chi connectivity index (χ0v) is 15.4. The molecule has 0 spiro atoms. The van der Waals surface area contributed by atoms with E-state index in [0.717, 1.165) is 22.3 Å². The maximum absolute atomic E-state index is 12.9. The van der Waals surface area contributed by atoms with Gasteiger partial charge in [-0.2, -0.15) is 0 Å². The summed E-state index contributed by atoms with van der Waals surface area (Å²) in [5.74, 6) is -1.13. The fraction of sp³-hybridized carbons (Fsp3) is 0.130. The summed E-state index contributed by atoms with van der Waals surface area (Å²) in [6.45, 7) is 3.85. The van der Waals surface area contributed by atoms with E-state index < -0.39 is 5.92 Å². The monoisotopic (exact) mass is 358 g/mol. The Morgan fingerprint density at radius 1 is 0.741 bits per heavy atom. The summed E-state index contributed by atoms with van der Waals surface area (Å²) in [5.41, 5.74) is 9.34. The number of hydrazine groups is 1. The molecule has 4 nitrogen and oxygen atoms in total. The van der Waals surface area contributed by atoms with Crippen molar-refractivity contribution in [2.75, 3.05) is 0 Å². The molecule has 0 aliphatic heterocycles. The molecule has 27 heavy (non-hydrogen) atoms. The molecule has 0 radical (unpaired) electrons. The van der Waals surface area contributed by atoms with Crippen molar-refractivity contribution in [2.24, 2.45) is 0 Å². The van der Waals surface area contributed by atoms with Crippen LogP contribution in [0.15, 0.2) is 78.9 Å². The van der Waals surface area contributed by atoms with Crippen LogP contribution in [0.4, 0.5) is 0 Å². The zero-order valence-electron chi connectivity index (χ0n) is 15.4. The molecular formula is C23H22N2O2. The molecule has 3 rings (SSSR count). The van der Waals surface area contributed by atoms with Gasteiger partial charge in [0.15, 0.2) is 0 Å². The van der Waals surface area contributed by atoms with Crippen LogP contribution in [-0.4, -0.2) is 11.8 Å². The topological polar surface area (TPSA) is 58.2 Å². The van der Waals surface area contributed by atoms with E-state index in [0.29, 0.717) is 5.56 Å². The Labute approximate surface area is 159 Å². The van der Waals surface area contributed by atoms with Crippen LogP contribution >= 0.6 is 0 Å². The lowest BCUT2D eigenvalue weighted by Crippen LogP contribution is -2.44. The quantitative estimate of drug-likeness (QED) is 0.695. The molecule has 2 amide bonds. The molecule has 0 aliphatic rings. The molecule has 0 fully saturated rings. The Morgan fingerprint density at radius 2 is 1.30 bits per heavy atom. The number of aryl methyl sites for hydroxylation is 2. The first-order valence-corrected chi connectivity index (χ1v) is 8.83. The molecule has 0 saturated carbocycles. The molecule has 136 valence electrons. The molecule has 4 heteroatoms. The van der Waals surface area contributed by atoms with E-state index in [9.17, 15) is 9.59 Å². The van der Waals surface area contributed by atoms with Crippen LogP contribution in [0.3, 0.4) is 0 Å². The lowest BCUT2D eigenvalue weighted by Gasteiger charge is -2.18. The third-order valence-electron chi connectivity index (χ3n) is 4.45. The minimum Gasteiger partial charge on any atom is -0.272 e. The van der Waals surface area contributed by atoms with E-state index in [1.54, 1.807) is 6.07 Å². The maximum atomic E-state index is 12.9. The van der Waals surface area contributed by atoms with Crippen LogP contribution in [0.5, 0.6) is 0 Å². The van der Waals surface area contributed by atoms with Gasteiger partial charge in [-0.15, -0.1) is 0 Å². The van der Waals surface area contributed by atoms with Gasteiger partial charge >= 0.3 is 0 Å². The molecular weight excluding hydrogens is 336 g/mol. The molecule has 0 bridgehead atoms. The Hall–Kier alpha value is -3.40. The maximum Gasteiger partial charge on any atom is 0.269 e. The van der Waals surface area contributed by atoms with Gasteiger partial charge in [0.1, 0.15) is 0 Å². The van der Waals surface area contributed by atoms with Crippen molar-refractivity contribution in [2.45, 2.75) is 19.8 Å². The fourth-order valence-corrected chi connectivity index (χ4v) is 3.11. The van der Waals surface area contributed by atoms with Crippen molar-refractivity contribution in [3.05, 3.63) is 107 Å². The van der Waals surface area contributed by atoms with Gasteiger partial charge in [0, 0.05) is 5.56 Å². The lowest BCUT2D eigenvalue weighted by atomic mass is 9.91. The van der Waals surface area contributed by atoms with Gasteiger partial charge in [0.25, 0.3) is 5.91 Å². The van der Waals surface area contributed by atoms with Crippen LogP contribution in [-0.2, 0) is 4.79 Å². The van der Waals surface area contributed by atoms with Crippen LogP contribution in [0.2, 0.25) is 0 Å². The molecule has 0 atom stereocenters. The smallest absolute Gasteiger partial charge is 0.269 e. The number of carbonyl (C=O) groups is 2. The Kier molecular flexibility index (Phi) is 5.67. The summed E-state index contributed by atoms with van der Waals surface area (Å²) in [4.78, 5) is 25.3. The van der Waals surface area contributed by atoms with Crippen molar-refractivity contribution in [3.63, 3.8) is 0 Å². The largest absolute Gasteiger partial charge is 0.272 e. The van der Waals surface area contributed by atoms with Crippen molar-refractivity contribution >= 4 is 11.8 Å². The van der Waals surface area contributed by atoms with Crippen LogP contribution < -0.4 is 10.9 Å². The normalized spacial score (nSPS) is 10.5. The standard InChI is InChI=1S/C23H22N2O2/c1-16-13-14-20(17(2)15-16)22(26)24-25-23(27)21(18-9-5-3-6-10-18)19-11-7-4-8-12-19/h3-15,21H,1-2H3,(H,24,26)(H,25,27).